The fraction of sp³-hybridized carbons (Fsp3) is 1.00. The summed E-state index contributed by atoms with van der Waals surface area (Å²) in [5.74, 6) is 0.854. The summed E-state index contributed by atoms with van der Waals surface area (Å²) < 4.78 is 6.05. The van der Waals surface area contributed by atoms with Crippen LogP contribution in [0.25, 0.3) is 0 Å². The molecule has 0 aromatic rings. The molecule has 0 N–H and O–H groups in total. The van der Waals surface area contributed by atoms with E-state index < -0.39 is 0 Å². The molecule has 0 bridgehead atoms. The Morgan fingerprint density at radius 2 is 1.44 bits per heavy atom. The third kappa shape index (κ3) is 3.23. The summed E-state index contributed by atoms with van der Waals surface area (Å²) in [5.41, 5.74) is 0.235. The Kier molecular flexibility index (Phi) is 4.69. The lowest BCUT2D eigenvalue weighted by atomic mass is 9.81. The maximum absolute atomic E-state index is 6.05. The minimum atomic E-state index is 0.235. The molecule has 2 aliphatic rings. The molecule has 0 amide bonds. The van der Waals surface area contributed by atoms with Gasteiger partial charge < -0.3 is 4.74 Å². The van der Waals surface area contributed by atoms with Crippen LogP contribution in [0.15, 0.2) is 0 Å². The SMILES string of the molecule is CC12CCCCCCCCCCC1CCO2. The van der Waals surface area contributed by atoms with Gasteiger partial charge in [0.1, 0.15) is 0 Å². The Morgan fingerprint density at radius 3 is 2.19 bits per heavy atom. The highest BCUT2D eigenvalue weighted by Gasteiger charge is 2.38. The summed E-state index contributed by atoms with van der Waals surface area (Å²) in [4.78, 5) is 0. The van der Waals surface area contributed by atoms with Crippen LogP contribution >= 0.6 is 0 Å². The average Bonchev–Trinajstić information content (AvgIpc) is 2.61. The lowest BCUT2D eigenvalue weighted by molar-refractivity contribution is -0.0169. The Bertz CT molecular complexity index is 202. The molecule has 1 heteroatoms. The van der Waals surface area contributed by atoms with Crippen LogP contribution in [0.1, 0.15) is 77.6 Å². The molecule has 2 atom stereocenters. The highest BCUT2D eigenvalue weighted by molar-refractivity contribution is 4.88. The molecule has 0 aromatic carbocycles. The zero-order valence-corrected chi connectivity index (χ0v) is 11.0. The van der Waals surface area contributed by atoms with E-state index in [1.807, 2.05) is 0 Å². The van der Waals surface area contributed by atoms with Crippen LogP contribution < -0.4 is 0 Å². The van der Waals surface area contributed by atoms with Crippen LogP contribution in [0, 0.1) is 5.92 Å². The molecule has 0 radical (unpaired) electrons. The van der Waals surface area contributed by atoms with Crippen LogP contribution in [-0.4, -0.2) is 12.2 Å². The quantitative estimate of drug-likeness (QED) is 0.579. The fourth-order valence-corrected chi connectivity index (χ4v) is 3.51. The summed E-state index contributed by atoms with van der Waals surface area (Å²) in [6.07, 6.45) is 15.6. The summed E-state index contributed by atoms with van der Waals surface area (Å²) in [5, 5.41) is 0. The Morgan fingerprint density at radius 1 is 0.812 bits per heavy atom. The first-order valence-electron chi connectivity index (χ1n) is 7.45. The molecule has 94 valence electrons. The van der Waals surface area contributed by atoms with Gasteiger partial charge in [-0.15, -0.1) is 0 Å². The monoisotopic (exact) mass is 224 g/mol. The highest BCUT2D eigenvalue weighted by Crippen LogP contribution is 2.39. The first-order chi connectivity index (χ1) is 7.81. The van der Waals surface area contributed by atoms with Crippen LogP contribution in [0.4, 0.5) is 0 Å². The largest absolute Gasteiger partial charge is 0.375 e. The van der Waals surface area contributed by atoms with Gasteiger partial charge in [-0.25, -0.2) is 0 Å². The lowest BCUT2D eigenvalue weighted by Gasteiger charge is -2.31. The molecule has 2 unspecified atom stereocenters. The molecule has 1 saturated carbocycles. The summed E-state index contributed by atoms with van der Waals surface area (Å²) in [6.45, 7) is 3.39. The maximum Gasteiger partial charge on any atom is 0.0683 e. The van der Waals surface area contributed by atoms with Gasteiger partial charge in [0, 0.05) is 6.61 Å². The third-order valence-corrected chi connectivity index (χ3v) is 4.74. The van der Waals surface area contributed by atoms with Gasteiger partial charge in [-0.05, 0) is 32.1 Å². The van der Waals surface area contributed by atoms with Gasteiger partial charge in [0.05, 0.1) is 5.60 Å². The van der Waals surface area contributed by atoms with Crippen LogP contribution in [0.2, 0.25) is 0 Å². The molecule has 1 heterocycles. The number of hydrogen-bond donors (Lipinski definition) is 0. The van der Waals surface area contributed by atoms with E-state index in [0.717, 1.165) is 12.5 Å². The van der Waals surface area contributed by atoms with Crippen molar-refractivity contribution in [2.24, 2.45) is 5.92 Å². The summed E-state index contributed by atoms with van der Waals surface area (Å²) in [6, 6.07) is 0. The molecular weight excluding hydrogens is 196 g/mol. The van der Waals surface area contributed by atoms with E-state index in [4.69, 9.17) is 4.74 Å². The van der Waals surface area contributed by atoms with E-state index in [1.165, 1.54) is 70.6 Å². The fourth-order valence-electron chi connectivity index (χ4n) is 3.51. The number of rotatable bonds is 0. The molecule has 2 fully saturated rings. The molecule has 2 rings (SSSR count). The first kappa shape index (κ1) is 12.4. The van der Waals surface area contributed by atoms with Crippen molar-refractivity contribution in [3.8, 4) is 0 Å². The molecule has 1 aliphatic heterocycles. The number of ether oxygens (including phenoxy) is 1. The molecule has 0 aromatic heterocycles. The highest BCUT2D eigenvalue weighted by atomic mass is 16.5. The second-order valence-electron chi connectivity index (χ2n) is 6.01. The van der Waals surface area contributed by atoms with Gasteiger partial charge in [-0.3, -0.25) is 0 Å². The van der Waals surface area contributed by atoms with Gasteiger partial charge in [0.2, 0.25) is 0 Å². The molecular formula is C15H28O. The van der Waals surface area contributed by atoms with Crippen molar-refractivity contribution in [2.45, 2.75) is 83.2 Å². The van der Waals surface area contributed by atoms with Crippen LogP contribution in [0.3, 0.4) is 0 Å². The van der Waals surface area contributed by atoms with Gasteiger partial charge in [0.15, 0.2) is 0 Å². The lowest BCUT2D eigenvalue weighted by Crippen LogP contribution is -2.31. The second kappa shape index (κ2) is 6.05. The predicted octanol–water partition coefficient (Wildman–Crippen LogP) is 4.70. The van der Waals surface area contributed by atoms with Crippen molar-refractivity contribution in [2.75, 3.05) is 6.61 Å². The number of fused-ring (bicyclic) bond motifs is 1. The predicted molar refractivity (Wildman–Crippen MR) is 68.6 cm³/mol. The zero-order valence-electron chi connectivity index (χ0n) is 11.0. The van der Waals surface area contributed by atoms with Gasteiger partial charge in [-0.1, -0.05) is 51.4 Å². The van der Waals surface area contributed by atoms with E-state index in [2.05, 4.69) is 6.92 Å². The molecule has 1 nitrogen and oxygen atoms in total. The minimum absolute atomic E-state index is 0.235. The van der Waals surface area contributed by atoms with Gasteiger partial charge in [-0.2, -0.15) is 0 Å². The summed E-state index contributed by atoms with van der Waals surface area (Å²) in [7, 11) is 0. The van der Waals surface area contributed by atoms with E-state index in [9.17, 15) is 0 Å². The van der Waals surface area contributed by atoms with Crippen LogP contribution in [-0.2, 0) is 4.74 Å². The zero-order chi connectivity index (χ0) is 11.3. The Labute approximate surface area is 101 Å². The smallest absolute Gasteiger partial charge is 0.0683 e. The molecule has 1 saturated heterocycles. The second-order valence-corrected chi connectivity index (χ2v) is 6.01. The van der Waals surface area contributed by atoms with Crippen molar-refractivity contribution in [3.63, 3.8) is 0 Å². The van der Waals surface area contributed by atoms with Crippen LogP contribution in [0.5, 0.6) is 0 Å². The molecule has 0 spiro atoms. The van der Waals surface area contributed by atoms with Gasteiger partial charge >= 0.3 is 0 Å². The van der Waals surface area contributed by atoms with Crippen molar-refractivity contribution in [1.82, 2.24) is 0 Å². The average molecular weight is 224 g/mol. The van der Waals surface area contributed by atoms with E-state index in [1.54, 1.807) is 0 Å². The van der Waals surface area contributed by atoms with Crippen molar-refractivity contribution < 1.29 is 4.74 Å². The normalized spacial score (nSPS) is 38.4. The third-order valence-electron chi connectivity index (χ3n) is 4.74. The topological polar surface area (TPSA) is 9.23 Å². The number of hydrogen-bond acceptors (Lipinski definition) is 1. The Hall–Kier alpha value is -0.0400. The van der Waals surface area contributed by atoms with Crippen molar-refractivity contribution >= 4 is 0 Å². The maximum atomic E-state index is 6.05. The van der Waals surface area contributed by atoms with E-state index >= 15 is 0 Å². The molecule has 16 heavy (non-hydrogen) atoms. The van der Waals surface area contributed by atoms with E-state index in [-0.39, 0.29) is 5.60 Å². The standard InChI is InChI=1S/C15H28O/c1-15-12-9-7-5-3-2-4-6-8-10-14(15)11-13-16-15/h14H,2-13H2,1H3. The van der Waals surface area contributed by atoms with Crippen molar-refractivity contribution in [3.05, 3.63) is 0 Å². The van der Waals surface area contributed by atoms with Gasteiger partial charge in [0.25, 0.3) is 0 Å². The van der Waals surface area contributed by atoms with E-state index in [0.29, 0.717) is 0 Å². The summed E-state index contributed by atoms with van der Waals surface area (Å²) >= 11 is 0. The Balaban J connectivity index is 1.87. The minimum Gasteiger partial charge on any atom is -0.375 e. The van der Waals surface area contributed by atoms with Crippen molar-refractivity contribution in [1.29, 1.82) is 0 Å². The molecule has 1 aliphatic carbocycles. The first-order valence-corrected chi connectivity index (χ1v) is 7.45.